The minimum absolute atomic E-state index is 0.0113. The summed E-state index contributed by atoms with van der Waals surface area (Å²) in [4.78, 5) is 12.0. The number of anilines is 1. The first-order valence-corrected chi connectivity index (χ1v) is 8.71. The van der Waals surface area contributed by atoms with Crippen molar-refractivity contribution in [1.82, 2.24) is 5.32 Å². The molecular weight excluding hydrogens is 316 g/mol. The third-order valence-corrected chi connectivity index (χ3v) is 4.89. The van der Waals surface area contributed by atoms with Gasteiger partial charge in [-0.3, -0.25) is 4.79 Å². The lowest BCUT2D eigenvalue weighted by Gasteiger charge is -2.21. The number of nitrogens with one attached hydrogen (secondary N) is 2. The average molecular weight is 339 g/mol. The van der Waals surface area contributed by atoms with Crippen LogP contribution in [0.25, 0.3) is 0 Å². The van der Waals surface area contributed by atoms with E-state index in [1.54, 1.807) is 0 Å². The maximum absolute atomic E-state index is 12.0. The summed E-state index contributed by atoms with van der Waals surface area (Å²) in [6.45, 7) is 1.91. The van der Waals surface area contributed by atoms with Crippen LogP contribution >= 0.6 is 23.8 Å². The van der Waals surface area contributed by atoms with E-state index >= 15 is 0 Å². The Morgan fingerprint density at radius 2 is 2.05 bits per heavy atom. The van der Waals surface area contributed by atoms with Crippen LogP contribution in [0.3, 0.4) is 0 Å². The zero-order valence-electron chi connectivity index (χ0n) is 13.0. The molecule has 1 saturated carbocycles. The molecule has 120 valence electrons. The van der Waals surface area contributed by atoms with Crippen molar-refractivity contribution in [3.8, 4) is 0 Å². The monoisotopic (exact) mass is 338 g/mol. The zero-order chi connectivity index (χ0) is 15.9. The van der Waals surface area contributed by atoms with Crippen LogP contribution in [0, 0.1) is 12.8 Å². The van der Waals surface area contributed by atoms with Crippen molar-refractivity contribution < 1.29 is 4.79 Å². The number of carbonyl (C=O) groups is 1. The highest BCUT2D eigenvalue weighted by Crippen LogP contribution is 2.27. The summed E-state index contributed by atoms with van der Waals surface area (Å²) < 4.78 is 0. The number of rotatable bonds is 4. The Morgan fingerprint density at radius 1 is 1.32 bits per heavy atom. The van der Waals surface area contributed by atoms with Crippen LogP contribution in [0.4, 0.5) is 5.69 Å². The minimum atomic E-state index is -0.0113. The van der Waals surface area contributed by atoms with Crippen LogP contribution in [0.1, 0.15) is 50.5 Å². The molecule has 1 aliphatic carbocycles. The molecule has 2 N–H and O–H groups in total. The Hall–Kier alpha value is -1.13. The molecule has 22 heavy (non-hydrogen) atoms. The molecule has 1 fully saturated rings. The molecule has 0 atom stereocenters. The molecule has 0 spiro atoms. The second-order valence-corrected chi connectivity index (χ2v) is 6.77. The van der Waals surface area contributed by atoms with Crippen LogP contribution in [0.2, 0.25) is 5.02 Å². The molecule has 0 saturated heterocycles. The number of amides is 1. The van der Waals surface area contributed by atoms with Crippen LogP contribution in [0.15, 0.2) is 18.2 Å². The first kappa shape index (κ1) is 17.2. The van der Waals surface area contributed by atoms with Gasteiger partial charge in [-0.15, -0.1) is 0 Å². The minimum Gasteiger partial charge on any atom is -0.332 e. The largest absolute Gasteiger partial charge is 0.332 e. The van der Waals surface area contributed by atoms with E-state index in [0.717, 1.165) is 17.7 Å². The fraction of sp³-hybridized carbons (Fsp3) is 0.529. The summed E-state index contributed by atoms with van der Waals surface area (Å²) in [5, 5.41) is 6.80. The predicted molar refractivity (Wildman–Crippen MR) is 96.4 cm³/mol. The molecule has 1 amide bonds. The summed E-state index contributed by atoms with van der Waals surface area (Å²) >= 11 is 11.3. The molecule has 2 rings (SSSR count). The number of hydrogen-bond donors (Lipinski definition) is 2. The molecule has 0 heterocycles. The highest BCUT2D eigenvalue weighted by molar-refractivity contribution is 7.80. The Kier molecular flexibility index (Phi) is 6.65. The van der Waals surface area contributed by atoms with Gasteiger partial charge >= 0.3 is 0 Å². The first-order valence-electron chi connectivity index (χ1n) is 7.92. The van der Waals surface area contributed by atoms with Gasteiger partial charge in [-0.05, 0) is 49.2 Å². The van der Waals surface area contributed by atoms with E-state index in [-0.39, 0.29) is 5.91 Å². The van der Waals surface area contributed by atoms with Crippen LogP contribution < -0.4 is 10.6 Å². The Morgan fingerprint density at radius 3 is 2.77 bits per heavy atom. The van der Waals surface area contributed by atoms with Gasteiger partial charge in [0, 0.05) is 17.1 Å². The van der Waals surface area contributed by atoms with E-state index in [0.29, 0.717) is 22.5 Å². The van der Waals surface area contributed by atoms with Gasteiger partial charge in [-0.2, -0.15) is 0 Å². The van der Waals surface area contributed by atoms with Gasteiger partial charge < -0.3 is 10.6 Å². The maximum atomic E-state index is 12.0. The fourth-order valence-corrected chi connectivity index (χ4v) is 3.29. The second-order valence-electron chi connectivity index (χ2n) is 5.96. The molecular formula is C17H23ClN2OS. The second kappa shape index (κ2) is 8.49. The number of hydrogen-bond acceptors (Lipinski definition) is 2. The Labute approximate surface area is 142 Å². The number of thiocarbonyl (C=S) groups is 1. The lowest BCUT2D eigenvalue weighted by Crippen LogP contribution is -2.34. The van der Waals surface area contributed by atoms with Crippen molar-refractivity contribution >= 4 is 40.5 Å². The van der Waals surface area contributed by atoms with E-state index in [1.165, 1.54) is 32.1 Å². The molecule has 0 aromatic heterocycles. The van der Waals surface area contributed by atoms with Crippen molar-refractivity contribution in [2.24, 2.45) is 5.92 Å². The zero-order valence-corrected chi connectivity index (χ0v) is 14.5. The smallest absolute Gasteiger partial charge is 0.226 e. The predicted octanol–water partition coefficient (Wildman–Crippen LogP) is 4.82. The molecule has 1 aromatic carbocycles. The Balaban J connectivity index is 1.76. The van der Waals surface area contributed by atoms with Crippen molar-refractivity contribution in [3.63, 3.8) is 0 Å². The summed E-state index contributed by atoms with van der Waals surface area (Å²) in [7, 11) is 0. The SMILES string of the molecule is Cc1c(Cl)cccc1NC(=S)NC(=O)CCC1CCCCC1. The normalized spacial score (nSPS) is 15.4. The lowest BCUT2D eigenvalue weighted by atomic mass is 9.86. The third-order valence-electron chi connectivity index (χ3n) is 4.27. The summed E-state index contributed by atoms with van der Waals surface area (Å²) in [6.07, 6.45) is 7.98. The molecule has 0 radical (unpaired) electrons. The number of halogens is 1. The Bertz CT molecular complexity index is 541. The lowest BCUT2D eigenvalue weighted by molar-refractivity contribution is -0.120. The van der Waals surface area contributed by atoms with Gasteiger partial charge in [0.2, 0.25) is 5.91 Å². The number of benzene rings is 1. The number of carbonyl (C=O) groups excluding carboxylic acids is 1. The van der Waals surface area contributed by atoms with Gasteiger partial charge in [0.25, 0.3) is 0 Å². The fourth-order valence-electron chi connectivity index (χ4n) is 2.90. The molecule has 1 aromatic rings. The topological polar surface area (TPSA) is 41.1 Å². The molecule has 0 aliphatic heterocycles. The van der Waals surface area contributed by atoms with E-state index in [2.05, 4.69) is 10.6 Å². The molecule has 3 nitrogen and oxygen atoms in total. The van der Waals surface area contributed by atoms with Gasteiger partial charge in [0.05, 0.1) is 0 Å². The molecule has 1 aliphatic rings. The van der Waals surface area contributed by atoms with Gasteiger partial charge in [0.1, 0.15) is 0 Å². The summed E-state index contributed by atoms with van der Waals surface area (Å²) in [5.74, 6) is 0.693. The standard InChI is InChI=1S/C17H23ClN2OS/c1-12-14(18)8-5-9-15(12)19-17(22)20-16(21)11-10-13-6-3-2-4-7-13/h5,8-9,13H,2-4,6-7,10-11H2,1H3,(H2,19,20,21,22). The van der Waals surface area contributed by atoms with E-state index in [9.17, 15) is 4.79 Å². The van der Waals surface area contributed by atoms with Crippen LogP contribution in [-0.4, -0.2) is 11.0 Å². The van der Waals surface area contributed by atoms with Gasteiger partial charge in [-0.25, -0.2) is 0 Å². The van der Waals surface area contributed by atoms with E-state index < -0.39 is 0 Å². The maximum Gasteiger partial charge on any atom is 0.226 e. The highest BCUT2D eigenvalue weighted by Gasteiger charge is 2.15. The van der Waals surface area contributed by atoms with Crippen molar-refractivity contribution in [2.45, 2.75) is 51.9 Å². The van der Waals surface area contributed by atoms with E-state index in [1.807, 2.05) is 25.1 Å². The highest BCUT2D eigenvalue weighted by atomic mass is 35.5. The van der Waals surface area contributed by atoms with Crippen LogP contribution in [0.5, 0.6) is 0 Å². The van der Waals surface area contributed by atoms with E-state index in [4.69, 9.17) is 23.8 Å². The van der Waals surface area contributed by atoms with Gasteiger partial charge in [-0.1, -0.05) is 49.8 Å². The molecule has 0 unspecified atom stereocenters. The van der Waals surface area contributed by atoms with Crippen molar-refractivity contribution in [1.29, 1.82) is 0 Å². The van der Waals surface area contributed by atoms with Crippen molar-refractivity contribution in [2.75, 3.05) is 5.32 Å². The first-order chi connectivity index (χ1) is 10.6. The summed E-state index contributed by atoms with van der Waals surface area (Å²) in [5.41, 5.74) is 1.74. The summed E-state index contributed by atoms with van der Waals surface area (Å²) in [6, 6.07) is 5.57. The molecule has 0 bridgehead atoms. The quantitative estimate of drug-likeness (QED) is 0.773. The van der Waals surface area contributed by atoms with Crippen molar-refractivity contribution in [3.05, 3.63) is 28.8 Å². The third kappa shape index (κ3) is 5.25. The average Bonchev–Trinajstić information content (AvgIpc) is 2.51. The molecule has 5 heteroatoms. The van der Waals surface area contributed by atoms with Crippen LogP contribution in [-0.2, 0) is 4.79 Å². The van der Waals surface area contributed by atoms with Gasteiger partial charge in [0.15, 0.2) is 5.11 Å².